The molecule has 2 N–H and O–H groups in total. The molecule has 16 nitrogen and oxygen atoms in total. The lowest BCUT2D eigenvalue weighted by Crippen LogP contribution is -2.41. The molecule has 1 spiro atoms. The Bertz CT molecular complexity index is 896. The molecule has 20 heteroatoms. The van der Waals surface area contributed by atoms with Crippen molar-refractivity contribution in [2.24, 2.45) is 10.8 Å². The zero-order valence-corrected chi connectivity index (χ0v) is 30.3. The maximum atomic E-state index is 11.5. The Kier molecular flexibility index (Phi) is 27.2. The predicted molar refractivity (Wildman–Crippen MR) is 181 cm³/mol. The van der Waals surface area contributed by atoms with E-state index in [1.807, 2.05) is 21.6 Å². The van der Waals surface area contributed by atoms with Crippen LogP contribution in [0.15, 0.2) is 0 Å². The molecule has 0 radical (unpaired) electrons. The van der Waals surface area contributed by atoms with Gasteiger partial charge in [-0.15, -0.1) is 12.8 Å². The van der Waals surface area contributed by atoms with Crippen molar-refractivity contribution in [2.75, 3.05) is 117 Å². The fraction of sp³-hybridized carbons (Fsp3) is 0.786. The van der Waals surface area contributed by atoms with E-state index >= 15 is 0 Å². The number of cyclic esters (lactones) is 4. The SMILES string of the molecule is COCCO.COCCOC(=O)OCC1(COC(=O)OCCCO)CSSC1.O=C1OCC2(CO1)CSSC2.O=C1OCCCO1.[2H]C#C. The molecule has 0 aromatic heterocycles. The number of methoxy groups -OCH3 is 2. The maximum Gasteiger partial charge on any atom is 0.508 e. The zero-order valence-electron chi connectivity index (χ0n) is 28.0. The van der Waals surface area contributed by atoms with E-state index in [1.54, 1.807) is 28.7 Å². The summed E-state index contributed by atoms with van der Waals surface area (Å²) in [6, 6.07) is 0. The quantitative estimate of drug-likeness (QED) is 0.0957. The van der Waals surface area contributed by atoms with Crippen LogP contribution in [-0.2, 0) is 47.4 Å². The zero-order chi connectivity index (χ0) is 36.6. The van der Waals surface area contributed by atoms with Gasteiger partial charge in [-0.1, -0.05) is 43.2 Å². The molecule has 0 saturated carbocycles. The van der Waals surface area contributed by atoms with Gasteiger partial charge in [0.1, 0.15) is 34.4 Å². The summed E-state index contributed by atoms with van der Waals surface area (Å²) in [5, 5.41) is 16.6. The molecule has 0 amide bonds. The van der Waals surface area contributed by atoms with Gasteiger partial charge in [0.2, 0.25) is 0 Å². The molecule has 4 saturated heterocycles. The molecule has 0 aromatic rings. The lowest BCUT2D eigenvalue weighted by Gasteiger charge is -2.29. The molecule has 0 bridgehead atoms. The first-order valence-corrected chi connectivity index (χ1v) is 19.4. The monoisotopic (exact) mass is 767 g/mol. The standard InChI is InChI=1S/C13H22O8S2.C6H8O3S2.C4H6O3.C3H8O2.C2H2/c1-17-5-6-19-12(16)21-8-13(9-22-23-10-13)7-20-11(15)18-4-2-3-14;7-5-8-1-6(2-9-5)3-10-11-4-6;5-4-6-2-1-3-7-4;1-5-3-2-4;1-2/h14H,2-10H2,1H3;1-4H2;1-3H2;4H,2-3H2,1H3;1-2H/i;;;;1D. The molecular weight excluding hydrogens is 721 g/mol. The van der Waals surface area contributed by atoms with Gasteiger partial charge in [-0.25, -0.2) is 19.2 Å². The molecule has 278 valence electrons. The lowest BCUT2D eigenvalue weighted by molar-refractivity contribution is -0.0398. The fourth-order valence-corrected chi connectivity index (χ4v) is 9.74. The molecule has 0 atom stereocenters. The Morgan fingerprint density at radius 1 is 0.750 bits per heavy atom. The largest absolute Gasteiger partial charge is 0.508 e. The Morgan fingerprint density at radius 2 is 1.23 bits per heavy atom. The topological polar surface area (TPSA) is 201 Å². The molecule has 48 heavy (non-hydrogen) atoms. The van der Waals surface area contributed by atoms with Crippen molar-refractivity contribution in [1.82, 2.24) is 0 Å². The van der Waals surface area contributed by atoms with Crippen LogP contribution in [0.25, 0.3) is 0 Å². The summed E-state index contributed by atoms with van der Waals surface area (Å²) in [4.78, 5) is 43.5. The Balaban J connectivity index is 0.000000721. The minimum atomic E-state index is -0.789. The number of aliphatic hydroxyl groups is 2. The van der Waals surface area contributed by atoms with Gasteiger partial charge in [-0.2, -0.15) is 0 Å². The first kappa shape index (κ1) is 43.9. The van der Waals surface area contributed by atoms with Gasteiger partial charge < -0.3 is 57.6 Å². The van der Waals surface area contributed by atoms with Crippen molar-refractivity contribution in [3.8, 4) is 12.8 Å². The highest BCUT2D eigenvalue weighted by atomic mass is 33.1. The van der Waals surface area contributed by atoms with Gasteiger partial charge in [-0.05, 0) is 0 Å². The summed E-state index contributed by atoms with van der Waals surface area (Å²) in [5.74, 6) is 3.44. The van der Waals surface area contributed by atoms with E-state index in [4.69, 9.17) is 44.7 Å². The van der Waals surface area contributed by atoms with Crippen LogP contribution in [-0.4, -0.2) is 151 Å². The van der Waals surface area contributed by atoms with Gasteiger partial charge in [0, 0.05) is 56.7 Å². The van der Waals surface area contributed by atoms with Crippen molar-refractivity contribution >= 4 is 67.8 Å². The van der Waals surface area contributed by atoms with Crippen LogP contribution in [0, 0.1) is 23.7 Å². The highest BCUT2D eigenvalue weighted by molar-refractivity contribution is 8.77. The van der Waals surface area contributed by atoms with E-state index in [1.165, 1.54) is 13.5 Å². The van der Waals surface area contributed by atoms with Crippen LogP contribution in [0.2, 0.25) is 0 Å². The number of carbonyl (C=O) groups excluding carboxylic acids is 4. The number of rotatable bonds is 12. The normalized spacial score (nSPS) is 18.1. The van der Waals surface area contributed by atoms with Gasteiger partial charge in [0.05, 0.1) is 50.5 Å². The van der Waals surface area contributed by atoms with Crippen LogP contribution in [0.4, 0.5) is 19.2 Å². The van der Waals surface area contributed by atoms with Crippen LogP contribution < -0.4 is 0 Å². The van der Waals surface area contributed by atoms with E-state index in [-0.39, 0.29) is 45.1 Å². The average Bonchev–Trinajstić information content (AvgIpc) is 3.77. The van der Waals surface area contributed by atoms with Crippen molar-refractivity contribution in [1.29, 1.82) is 0 Å². The Hall–Kier alpha value is -2.12. The first-order valence-electron chi connectivity index (χ1n) is 14.9. The average molecular weight is 768 g/mol. The minimum Gasteiger partial charge on any atom is -0.434 e. The minimum absolute atomic E-state index is 0.0521. The molecule has 4 heterocycles. The second kappa shape index (κ2) is 29.8. The molecule has 0 unspecified atom stereocenters. The summed E-state index contributed by atoms with van der Waals surface area (Å²) < 4.78 is 53.2. The Labute approximate surface area is 298 Å². The van der Waals surface area contributed by atoms with Crippen molar-refractivity contribution in [3.05, 3.63) is 0 Å². The number of hydrogen-bond donors (Lipinski definition) is 2. The van der Waals surface area contributed by atoms with Crippen LogP contribution in [0.3, 0.4) is 0 Å². The molecule has 4 aliphatic rings. The molecule has 4 fully saturated rings. The number of hydrogen-bond acceptors (Lipinski definition) is 20. The molecular formula is C28H46O16S4. The number of aliphatic hydroxyl groups excluding tert-OH is 2. The van der Waals surface area contributed by atoms with Gasteiger partial charge in [0.25, 0.3) is 0 Å². The van der Waals surface area contributed by atoms with Gasteiger partial charge in [0.15, 0.2) is 0 Å². The van der Waals surface area contributed by atoms with Crippen LogP contribution >= 0.6 is 43.2 Å². The van der Waals surface area contributed by atoms with E-state index in [0.717, 1.165) is 17.9 Å². The van der Waals surface area contributed by atoms with Crippen molar-refractivity contribution in [3.63, 3.8) is 0 Å². The fourth-order valence-electron chi connectivity index (χ4n) is 3.07. The van der Waals surface area contributed by atoms with E-state index in [2.05, 4.69) is 20.6 Å². The molecule has 4 rings (SSSR count). The van der Waals surface area contributed by atoms with E-state index in [9.17, 15) is 19.2 Å². The highest BCUT2D eigenvalue weighted by Gasteiger charge is 2.41. The number of carbonyl (C=O) groups is 4. The second-order valence-corrected chi connectivity index (χ2v) is 14.7. The lowest BCUT2D eigenvalue weighted by atomic mass is 9.95. The van der Waals surface area contributed by atoms with Crippen molar-refractivity contribution in [2.45, 2.75) is 12.8 Å². The molecule has 0 aliphatic carbocycles. The summed E-state index contributed by atoms with van der Waals surface area (Å²) in [7, 11) is 9.96. The summed E-state index contributed by atoms with van der Waals surface area (Å²) in [6.45, 7) is 3.33. The number of terminal acetylenes is 1. The third kappa shape index (κ3) is 22.5. The van der Waals surface area contributed by atoms with E-state index in [0.29, 0.717) is 57.6 Å². The summed E-state index contributed by atoms with van der Waals surface area (Å²) in [6.07, 6.45) is 4.34. The van der Waals surface area contributed by atoms with E-state index < -0.39 is 30.0 Å². The van der Waals surface area contributed by atoms with Crippen molar-refractivity contribution < 1.29 is 78.1 Å². The van der Waals surface area contributed by atoms with Crippen LogP contribution in [0.5, 0.6) is 0 Å². The van der Waals surface area contributed by atoms with Crippen LogP contribution in [0.1, 0.15) is 14.2 Å². The second-order valence-electron chi connectivity index (χ2n) is 9.74. The first-order chi connectivity index (χ1) is 23.6. The van der Waals surface area contributed by atoms with Gasteiger partial charge >= 0.3 is 24.6 Å². The van der Waals surface area contributed by atoms with Gasteiger partial charge in [-0.3, -0.25) is 0 Å². The highest BCUT2D eigenvalue weighted by Crippen LogP contribution is 2.45. The predicted octanol–water partition coefficient (Wildman–Crippen LogP) is 3.66. The maximum absolute atomic E-state index is 11.5. The summed E-state index contributed by atoms with van der Waals surface area (Å²) >= 11 is 0. The third-order valence-corrected chi connectivity index (χ3v) is 11.3. The molecule has 4 aliphatic heterocycles. The smallest absolute Gasteiger partial charge is 0.434 e. The number of ether oxygens (including phenoxy) is 10. The Morgan fingerprint density at radius 3 is 1.65 bits per heavy atom. The third-order valence-electron chi connectivity index (χ3n) is 5.67. The summed E-state index contributed by atoms with van der Waals surface area (Å²) in [5.41, 5.74) is -0.338. The molecule has 0 aromatic carbocycles.